The van der Waals surface area contributed by atoms with Gasteiger partial charge in [-0.2, -0.15) is 0 Å². The zero-order chi connectivity index (χ0) is 0. The fraction of sp³-hybridized carbons (Fsp3) is 0. The van der Waals surface area contributed by atoms with E-state index in [4.69, 9.17) is 0 Å². The molecule has 0 atom stereocenters. The van der Waals surface area contributed by atoms with E-state index in [9.17, 15) is 0 Å². The zero-order valence-corrected chi connectivity index (χ0v) is 12.6. The normalized spacial score (nSPS) is 0. The summed E-state index contributed by atoms with van der Waals surface area (Å²) in [4.78, 5) is 0. The molecule has 0 unspecified atom stereocenters. The largest absolute Gasteiger partial charge is 4.00 e. The van der Waals surface area contributed by atoms with E-state index < -0.39 is 0 Å². The molecule has 0 bridgehead atoms. The maximum atomic E-state index is 0. The Labute approximate surface area is 110 Å². The van der Waals surface area contributed by atoms with E-state index in [2.05, 4.69) is 0 Å². The van der Waals surface area contributed by atoms with Gasteiger partial charge in [0.2, 0.25) is 0 Å². The van der Waals surface area contributed by atoms with Crippen LogP contribution in [0.4, 0.5) is 0 Å². The van der Waals surface area contributed by atoms with Gasteiger partial charge in [-0.15, -0.1) is 0 Å². The van der Waals surface area contributed by atoms with Crippen molar-refractivity contribution in [2.75, 3.05) is 0 Å². The van der Waals surface area contributed by atoms with Crippen LogP contribution >= 0.6 is 0 Å². The molecule has 0 heterocycles. The van der Waals surface area contributed by atoms with Gasteiger partial charge < -0.3 is 68.3 Å². The molecule has 6 heavy (non-hydrogen) atoms. The van der Waals surface area contributed by atoms with Gasteiger partial charge in [0.05, 0.1) is 0 Å². The van der Waals surface area contributed by atoms with Gasteiger partial charge in [0, 0.05) is 0 Å². The molecule has 0 fully saturated rings. The maximum absolute atomic E-state index is 0. The molecule has 6 heteroatoms. The summed E-state index contributed by atoms with van der Waals surface area (Å²) in [7, 11) is 0. The molecule has 0 aliphatic carbocycles. The molecule has 0 aromatic rings. The first-order valence-electron chi connectivity index (χ1n) is 0. The Morgan fingerprint density at radius 1 is 0.333 bits per heavy atom. The summed E-state index contributed by atoms with van der Waals surface area (Å²) in [5, 5.41) is 0. The van der Waals surface area contributed by atoms with Crippen molar-refractivity contribution in [1.29, 1.82) is 0 Å². The van der Waals surface area contributed by atoms with Crippen LogP contribution in [0.5, 0.6) is 0 Å². The second kappa shape index (κ2) is 39.0. The average Bonchev–Trinajstić information content (AvgIpc) is 0. The fourth-order valence-electron chi connectivity index (χ4n) is 0. The molecule has 0 radical (unpaired) electrons. The van der Waals surface area contributed by atoms with Crippen LogP contribution in [0.1, 0.15) is 0 Å². The predicted octanol–water partition coefficient (Wildman–Crippen LogP) is -1.53. The van der Waals surface area contributed by atoms with Crippen LogP contribution in [0.3, 0.4) is 0 Å². The van der Waals surface area contributed by atoms with Crippen LogP contribution in [-0.2, 0) is 43.4 Å². The summed E-state index contributed by atoms with van der Waals surface area (Å²) >= 11 is 0. The minimum atomic E-state index is 0. The van der Waals surface area contributed by atoms with Gasteiger partial charge in [-0.1, -0.05) is 0 Å². The van der Waals surface area contributed by atoms with Crippen molar-refractivity contribution in [1.82, 2.24) is 0 Å². The molecular formula is Se4Ti2. The van der Waals surface area contributed by atoms with E-state index in [-0.39, 0.29) is 112 Å². The van der Waals surface area contributed by atoms with E-state index in [1.165, 1.54) is 0 Å². The first kappa shape index (κ1) is 55.9. The average molecular weight is 412 g/mol. The summed E-state index contributed by atoms with van der Waals surface area (Å²) in [5.74, 6) is 0. The molecule has 0 saturated carbocycles. The first-order valence-corrected chi connectivity index (χ1v) is 0. The minimum Gasteiger partial charge on any atom is -2.00 e. The summed E-state index contributed by atoms with van der Waals surface area (Å²) < 4.78 is 0. The van der Waals surface area contributed by atoms with E-state index in [0.717, 1.165) is 0 Å². The van der Waals surface area contributed by atoms with Crippen LogP contribution in [-0.4, -0.2) is 68.3 Å². The predicted molar refractivity (Wildman–Crippen MR) is 23.0 cm³/mol. The Morgan fingerprint density at radius 3 is 0.333 bits per heavy atom. The molecule has 0 amide bonds. The van der Waals surface area contributed by atoms with Gasteiger partial charge in [0.1, 0.15) is 0 Å². The van der Waals surface area contributed by atoms with Crippen molar-refractivity contribution in [3.8, 4) is 0 Å². The molecule has 0 aromatic heterocycles. The number of hydrogen-bond donors (Lipinski definition) is 0. The smallest absolute Gasteiger partial charge is 2.00 e. The Kier molecular flexibility index (Phi) is 363. The maximum Gasteiger partial charge on any atom is 4.00 e. The third-order valence-corrected chi connectivity index (χ3v) is 0. The monoisotopic (exact) mass is 416 g/mol. The number of hydrogen-bond acceptors (Lipinski definition) is 0. The minimum absolute atomic E-state index is 0. The molecule has 0 aliphatic heterocycles. The Balaban J connectivity index is 0. The van der Waals surface area contributed by atoms with Crippen LogP contribution in [0.15, 0.2) is 0 Å². The Morgan fingerprint density at radius 2 is 0.333 bits per heavy atom. The van der Waals surface area contributed by atoms with Crippen molar-refractivity contribution in [3.05, 3.63) is 0 Å². The van der Waals surface area contributed by atoms with Gasteiger partial charge in [-0.3, -0.25) is 0 Å². The van der Waals surface area contributed by atoms with Crippen LogP contribution < -0.4 is 0 Å². The second-order valence-electron chi connectivity index (χ2n) is 0. The molecule has 0 aromatic carbocycles. The molecular weight excluding hydrogens is 412 g/mol. The molecule has 0 aliphatic rings. The van der Waals surface area contributed by atoms with E-state index in [1.54, 1.807) is 0 Å². The van der Waals surface area contributed by atoms with Gasteiger partial charge in [-0.25, -0.2) is 0 Å². The second-order valence-corrected chi connectivity index (χ2v) is 0. The van der Waals surface area contributed by atoms with E-state index in [0.29, 0.717) is 0 Å². The molecule has 32 valence electrons. The van der Waals surface area contributed by atoms with Gasteiger partial charge in [0.15, 0.2) is 0 Å². The summed E-state index contributed by atoms with van der Waals surface area (Å²) in [6.07, 6.45) is 0. The van der Waals surface area contributed by atoms with E-state index >= 15 is 0 Å². The summed E-state index contributed by atoms with van der Waals surface area (Å²) in [6.45, 7) is 0. The molecule has 0 N–H and O–H groups in total. The quantitative estimate of drug-likeness (QED) is 0.425. The Hall–Kier alpha value is 3.51. The zero-order valence-electron chi connectivity index (χ0n) is 2.63. The molecule has 0 rings (SSSR count). The summed E-state index contributed by atoms with van der Waals surface area (Å²) in [5.41, 5.74) is 0. The SMILES string of the molecule is [Se-2].[Se-2].[Se-2].[Se-2].[Ti+4].[Ti+4]. The van der Waals surface area contributed by atoms with Gasteiger partial charge in [0.25, 0.3) is 0 Å². The van der Waals surface area contributed by atoms with E-state index in [1.807, 2.05) is 0 Å². The van der Waals surface area contributed by atoms with Gasteiger partial charge in [-0.05, 0) is 0 Å². The third kappa shape index (κ3) is 25.8. The summed E-state index contributed by atoms with van der Waals surface area (Å²) in [6, 6.07) is 0. The fourth-order valence-corrected chi connectivity index (χ4v) is 0. The van der Waals surface area contributed by atoms with Crippen molar-refractivity contribution in [2.45, 2.75) is 0 Å². The molecule has 0 nitrogen and oxygen atoms in total. The van der Waals surface area contributed by atoms with Crippen LogP contribution in [0, 0.1) is 0 Å². The van der Waals surface area contributed by atoms with Crippen molar-refractivity contribution in [3.63, 3.8) is 0 Å². The first-order chi connectivity index (χ1) is 0. The third-order valence-electron chi connectivity index (χ3n) is 0. The molecule has 0 spiro atoms. The van der Waals surface area contributed by atoms with Crippen LogP contribution in [0.2, 0.25) is 0 Å². The molecule has 0 saturated heterocycles. The van der Waals surface area contributed by atoms with Crippen molar-refractivity contribution < 1.29 is 43.4 Å². The topological polar surface area (TPSA) is 0 Å². The van der Waals surface area contributed by atoms with Crippen molar-refractivity contribution >= 4 is 68.3 Å². The Bertz CT molecular complexity index is 5.51. The van der Waals surface area contributed by atoms with Crippen molar-refractivity contribution in [2.24, 2.45) is 0 Å². The standard InChI is InChI=1S/4Se.2Ti/q4*-2;2*+4. The van der Waals surface area contributed by atoms with Crippen LogP contribution in [0.25, 0.3) is 0 Å². The van der Waals surface area contributed by atoms with Gasteiger partial charge >= 0.3 is 43.4 Å². The number of rotatable bonds is 0.